The Morgan fingerprint density at radius 3 is 2.59 bits per heavy atom. The van der Waals surface area contributed by atoms with E-state index in [9.17, 15) is 9.18 Å². The molecule has 0 bridgehead atoms. The third kappa shape index (κ3) is 4.53. The fourth-order valence-corrected chi connectivity index (χ4v) is 3.93. The average Bonchev–Trinajstić information content (AvgIpc) is 3.09. The van der Waals surface area contributed by atoms with Gasteiger partial charge in [-0.3, -0.25) is 4.79 Å². The molecule has 140 valence electrons. The van der Waals surface area contributed by atoms with Crippen LogP contribution in [0.25, 0.3) is 10.6 Å². The normalized spacial score (nSPS) is 11.6. The van der Waals surface area contributed by atoms with Crippen LogP contribution in [0.15, 0.2) is 47.8 Å². The summed E-state index contributed by atoms with van der Waals surface area (Å²) >= 11 is 7.71. The van der Waals surface area contributed by atoms with Crippen molar-refractivity contribution in [2.24, 2.45) is 5.73 Å². The summed E-state index contributed by atoms with van der Waals surface area (Å²) in [6.07, 6.45) is 0. The molecule has 1 aromatic heterocycles. The predicted molar refractivity (Wildman–Crippen MR) is 107 cm³/mol. The van der Waals surface area contributed by atoms with E-state index in [1.807, 2.05) is 31.4 Å². The van der Waals surface area contributed by atoms with Gasteiger partial charge in [0, 0.05) is 33.6 Å². The number of hydrogen-bond donors (Lipinski definition) is 2. The van der Waals surface area contributed by atoms with Crippen LogP contribution in [-0.2, 0) is 12.1 Å². The fourth-order valence-electron chi connectivity index (χ4n) is 2.70. The largest absolute Gasteiger partial charge is 0.366 e. The van der Waals surface area contributed by atoms with Crippen LogP contribution < -0.4 is 11.1 Å². The van der Waals surface area contributed by atoms with Gasteiger partial charge in [0.1, 0.15) is 10.8 Å². The lowest BCUT2D eigenvalue weighted by atomic mass is 9.94. The summed E-state index contributed by atoms with van der Waals surface area (Å²) in [4.78, 5) is 15.8. The van der Waals surface area contributed by atoms with Gasteiger partial charge in [-0.05, 0) is 43.7 Å². The van der Waals surface area contributed by atoms with E-state index in [1.54, 1.807) is 18.2 Å². The molecule has 27 heavy (non-hydrogen) atoms. The first kappa shape index (κ1) is 19.5. The first-order valence-corrected chi connectivity index (χ1v) is 9.57. The minimum atomic E-state index is -0.452. The molecule has 3 N–H and O–H groups in total. The highest BCUT2D eigenvalue weighted by molar-refractivity contribution is 7.13. The van der Waals surface area contributed by atoms with Gasteiger partial charge in [0.05, 0.1) is 5.69 Å². The Labute approximate surface area is 166 Å². The minimum absolute atomic E-state index is 0.356. The van der Waals surface area contributed by atoms with E-state index in [0.29, 0.717) is 17.1 Å². The van der Waals surface area contributed by atoms with Crippen LogP contribution in [0.4, 0.5) is 4.39 Å². The van der Waals surface area contributed by atoms with Crippen molar-refractivity contribution in [3.05, 3.63) is 75.5 Å². The smallest absolute Gasteiger partial charge is 0.248 e. The number of nitrogens with two attached hydrogens (primary N) is 1. The van der Waals surface area contributed by atoms with Crippen molar-refractivity contribution < 1.29 is 9.18 Å². The topological polar surface area (TPSA) is 68.0 Å². The number of carbonyl (C=O) groups is 1. The fraction of sp³-hybridized carbons (Fsp3) is 0.200. The lowest BCUT2D eigenvalue weighted by Crippen LogP contribution is -2.36. The van der Waals surface area contributed by atoms with Gasteiger partial charge in [0.2, 0.25) is 5.91 Å². The molecule has 0 unspecified atom stereocenters. The standard InChI is InChI=1S/C20H19ClFN3OS/c1-20(2,16-8-7-14(22)9-17(16)21)24-10-15-11-27-19(25-15)13-5-3-12(4-6-13)18(23)26/h3-9,11,24H,10H2,1-2H3,(H2,23,26). The molecule has 7 heteroatoms. The average molecular weight is 404 g/mol. The number of amides is 1. The molecular weight excluding hydrogens is 385 g/mol. The number of primary amides is 1. The Balaban J connectivity index is 1.71. The quantitative estimate of drug-likeness (QED) is 0.625. The molecule has 0 aliphatic rings. The van der Waals surface area contributed by atoms with Gasteiger partial charge in [-0.1, -0.05) is 29.8 Å². The van der Waals surface area contributed by atoms with Crippen molar-refractivity contribution >= 4 is 28.8 Å². The van der Waals surface area contributed by atoms with Gasteiger partial charge in [-0.25, -0.2) is 9.37 Å². The van der Waals surface area contributed by atoms with E-state index in [4.69, 9.17) is 17.3 Å². The van der Waals surface area contributed by atoms with Gasteiger partial charge in [0.15, 0.2) is 0 Å². The van der Waals surface area contributed by atoms with Gasteiger partial charge in [-0.15, -0.1) is 11.3 Å². The number of benzene rings is 2. The van der Waals surface area contributed by atoms with E-state index >= 15 is 0 Å². The van der Waals surface area contributed by atoms with Crippen molar-refractivity contribution in [2.45, 2.75) is 25.9 Å². The Morgan fingerprint density at radius 1 is 1.26 bits per heavy atom. The number of hydrogen-bond acceptors (Lipinski definition) is 4. The zero-order valence-corrected chi connectivity index (χ0v) is 16.5. The summed E-state index contributed by atoms with van der Waals surface area (Å²) in [6.45, 7) is 4.51. The number of carbonyl (C=O) groups excluding carboxylic acids is 1. The van der Waals surface area contributed by atoms with Crippen LogP contribution in [0.1, 0.15) is 35.5 Å². The second-order valence-corrected chi connectivity index (χ2v) is 7.95. The van der Waals surface area contributed by atoms with Gasteiger partial charge in [0.25, 0.3) is 0 Å². The number of thiazole rings is 1. The number of halogens is 2. The molecule has 1 amide bonds. The first-order chi connectivity index (χ1) is 12.8. The molecule has 0 fully saturated rings. The van der Waals surface area contributed by atoms with Crippen molar-refractivity contribution in [1.29, 1.82) is 0 Å². The van der Waals surface area contributed by atoms with Gasteiger partial charge >= 0.3 is 0 Å². The van der Waals surface area contributed by atoms with Crippen molar-refractivity contribution in [1.82, 2.24) is 10.3 Å². The van der Waals surface area contributed by atoms with Gasteiger partial charge < -0.3 is 11.1 Å². The highest BCUT2D eigenvalue weighted by atomic mass is 35.5. The Kier molecular flexibility index (Phi) is 5.60. The zero-order chi connectivity index (χ0) is 19.6. The highest BCUT2D eigenvalue weighted by Crippen LogP contribution is 2.29. The molecule has 0 atom stereocenters. The molecule has 0 spiro atoms. The molecule has 4 nitrogen and oxygen atoms in total. The maximum absolute atomic E-state index is 13.3. The van der Waals surface area contributed by atoms with E-state index < -0.39 is 11.4 Å². The van der Waals surface area contributed by atoms with E-state index in [1.165, 1.54) is 23.5 Å². The summed E-state index contributed by atoms with van der Waals surface area (Å²) in [5, 5.41) is 6.65. The Hall–Kier alpha value is -2.28. The molecule has 0 aliphatic heterocycles. The monoisotopic (exact) mass is 403 g/mol. The number of aromatic nitrogens is 1. The van der Waals surface area contributed by atoms with Crippen LogP contribution in [0.2, 0.25) is 5.02 Å². The van der Waals surface area contributed by atoms with E-state index in [2.05, 4.69) is 10.3 Å². The second kappa shape index (κ2) is 7.76. The SMILES string of the molecule is CC(C)(NCc1csc(-c2ccc(C(N)=O)cc2)n1)c1ccc(F)cc1Cl. The highest BCUT2D eigenvalue weighted by Gasteiger charge is 2.23. The van der Waals surface area contributed by atoms with Gasteiger partial charge in [-0.2, -0.15) is 0 Å². The molecule has 0 saturated carbocycles. The van der Waals surface area contributed by atoms with E-state index in [-0.39, 0.29) is 5.82 Å². The minimum Gasteiger partial charge on any atom is -0.366 e. The van der Waals surface area contributed by atoms with Crippen LogP contribution in [0.3, 0.4) is 0 Å². The zero-order valence-electron chi connectivity index (χ0n) is 14.9. The Bertz CT molecular complexity index is 970. The van der Waals surface area contributed by atoms with Crippen LogP contribution in [0.5, 0.6) is 0 Å². The second-order valence-electron chi connectivity index (χ2n) is 6.69. The molecule has 0 aliphatic carbocycles. The lowest BCUT2D eigenvalue weighted by molar-refractivity contribution is 0.100. The Morgan fingerprint density at radius 2 is 1.96 bits per heavy atom. The summed E-state index contributed by atoms with van der Waals surface area (Å²) in [7, 11) is 0. The van der Waals surface area contributed by atoms with Crippen molar-refractivity contribution in [3.63, 3.8) is 0 Å². The summed E-state index contributed by atoms with van der Waals surface area (Å²) in [5.41, 5.74) is 7.92. The molecule has 0 saturated heterocycles. The van der Waals surface area contributed by atoms with Crippen molar-refractivity contribution in [2.75, 3.05) is 0 Å². The maximum atomic E-state index is 13.3. The number of nitrogens with one attached hydrogen (secondary N) is 1. The molecule has 3 aromatic rings. The summed E-state index contributed by atoms with van der Waals surface area (Å²) in [5.74, 6) is -0.807. The predicted octanol–water partition coefficient (Wildman–Crippen LogP) is 4.73. The van der Waals surface area contributed by atoms with Crippen molar-refractivity contribution in [3.8, 4) is 10.6 Å². The third-order valence-corrected chi connectivity index (χ3v) is 5.54. The summed E-state index contributed by atoms with van der Waals surface area (Å²) < 4.78 is 13.3. The van der Waals surface area contributed by atoms with Crippen LogP contribution in [-0.4, -0.2) is 10.9 Å². The van der Waals surface area contributed by atoms with Crippen LogP contribution >= 0.6 is 22.9 Å². The number of rotatable bonds is 6. The molecule has 1 heterocycles. The van der Waals surface area contributed by atoms with E-state index in [0.717, 1.165) is 21.8 Å². The lowest BCUT2D eigenvalue weighted by Gasteiger charge is -2.27. The molecule has 3 rings (SSSR count). The third-order valence-electron chi connectivity index (χ3n) is 4.28. The maximum Gasteiger partial charge on any atom is 0.248 e. The summed E-state index contributed by atoms with van der Waals surface area (Å²) in [6, 6.07) is 11.5. The van der Waals surface area contributed by atoms with Crippen LogP contribution in [0, 0.1) is 5.82 Å². The molecule has 0 radical (unpaired) electrons. The number of nitrogens with zero attached hydrogens (tertiary/aromatic N) is 1. The first-order valence-electron chi connectivity index (χ1n) is 8.31. The molecular formula is C20H19ClFN3OS. The molecule has 2 aromatic carbocycles.